The molecule has 4 aromatic rings. The molecule has 0 N–H and O–H groups in total. The lowest BCUT2D eigenvalue weighted by Crippen LogP contribution is -2.32. The van der Waals surface area contributed by atoms with E-state index >= 15 is 0 Å². The van der Waals surface area contributed by atoms with Crippen LogP contribution in [-0.2, 0) is 17.8 Å². The molecular weight excluding hydrogens is 426 g/mol. The third-order valence-electron chi connectivity index (χ3n) is 5.48. The molecule has 2 aromatic heterocycles. The zero-order chi connectivity index (χ0) is 21.9. The maximum Gasteiger partial charge on any atom is 0.247 e. The number of benzene rings is 2. The molecule has 0 unspecified atom stereocenters. The summed E-state index contributed by atoms with van der Waals surface area (Å²) >= 11 is 5.94. The first-order valence-electron chi connectivity index (χ1n) is 10.7. The van der Waals surface area contributed by atoms with Crippen molar-refractivity contribution >= 4 is 17.5 Å². The summed E-state index contributed by atoms with van der Waals surface area (Å²) in [7, 11) is 0. The average Bonchev–Trinajstić information content (AvgIpc) is 3.36. The minimum absolute atomic E-state index is 0.0661. The minimum atomic E-state index is 0.0661. The molecular formula is C25H22ClN3O3. The largest absolute Gasteiger partial charge is 0.461 e. The third-order valence-corrected chi connectivity index (χ3v) is 5.73. The highest BCUT2D eigenvalue weighted by atomic mass is 35.5. The van der Waals surface area contributed by atoms with E-state index in [0.717, 1.165) is 35.5 Å². The number of rotatable bonds is 8. The van der Waals surface area contributed by atoms with E-state index in [1.54, 1.807) is 12.1 Å². The van der Waals surface area contributed by atoms with Crippen LogP contribution >= 0.6 is 11.6 Å². The van der Waals surface area contributed by atoms with E-state index < -0.39 is 0 Å². The Labute approximate surface area is 190 Å². The van der Waals surface area contributed by atoms with Gasteiger partial charge >= 0.3 is 0 Å². The van der Waals surface area contributed by atoms with Gasteiger partial charge in [0.1, 0.15) is 11.5 Å². The zero-order valence-corrected chi connectivity index (χ0v) is 18.2. The van der Waals surface area contributed by atoms with Crippen LogP contribution in [0.3, 0.4) is 0 Å². The van der Waals surface area contributed by atoms with Gasteiger partial charge in [-0.05, 0) is 49.2 Å². The Kier molecular flexibility index (Phi) is 5.77. The Morgan fingerprint density at radius 3 is 2.47 bits per heavy atom. The van der Waals surface area contributed by atoms with Gasteiger partial charge in [0.25, 0.3) is 0 Å². The van der Waals surface area contributed by atoms with Crippen LogP contribution in [0.25, 0.3) is 22.8 Å². The molecule has 0 radical (unpaired) electrons. The second-order valence-electron chi connectivity index (χ2n) is 7.89. The topological polar surface area (TPSA) is 72.4 Å². The molecule has 7 heteroatoms. The summed E-state index contributed by atoms with van der Waals surface area (Å²) in [6.07, 6.45) is 2.93. The summed E-state index contributed by atoms with van der Waals surface area (Å²) in [4.78, 5) is 14.8. The van der Waals surface area contributed by atoms with Crippen molar-refractivity contribution < 1.29 is 13.6 Å². The summed E-state index contributed by atoms with van der Waals surface area (Å²) in [5.74, 6) is 2.53. The van der Waals surface area contributed by atoms with Crippen molar-refractivity contribution in [1.82, 2.24) is 15.1 Å². The number of aromatic nitrogens is 2. The molecule has 0 aliphatic heterocycles. The highest BCUT2D eigenvalue weighted by molar-refractivity contribution is 6.30. The van der Waals surface area contributed by atoms with Crippen LogP contribution in [0.4, 0.5) is 0 Å². The van der Waals surface area contributed by atoms with Gasteiger partial charge in [-0.25, -0.2) is 0 Å². The molecule has 5 rings (SSSR count). The molecule has 162 valence electrons. The van der Waals surface area contributed by atoms with Crippen molar-refractivity contribution in [3.8, 4) is 22.8 Å². The number of hydrogen-bond donors (Lipinski definition) is 0. The van der Waals surface area contributed by atoms with Gasteiger partial charge in [-0.1, -0.05) is 41.9 Å². The minimum Gasteiger partial charge on any atom is -0.461 e. The third kappa shape index (κ3) is 4.75. The molecule has 2 aromatic carbocycles. The van der Waals surface area contributed by atoms with Crippen LogP contribution in [0.5, 0.6) is 0 Å². The smallest absolute Gasteiger partial charge is 0.247 e. The van der Waals surface area contributed by atoms with Crippen molar-refractivity contribution in [2.24, 2.45) is 0 Å². The molecule has 1 saturated carbocycles. The second kappa shape index (κ2) is 9.01. The van der Waals surface area contributed by atoms with Crippen LogP contribution in [0.2, 0.25) is 5.02 Å². The molecule has 0 atom stereocenters. The fraction of sp³-hybridized carbons (Fsp3) is 0.240. The van der Waals surface area contributed by atoms with Crippen molar-refractivity contribution in [3.63, 3.8) is 0 Å². The van der Waals surface area contributed by atoms with Crippen LogP contribution in [-0.4, -0.2) is 27.0 Å². The van der Waals surface area contributed by atoms with Gasteiger partial charge in [-0.15, -0.1) is 10.2 Å². The van der Waals surface area contributed by atoms with Crippen LogP contribution in [0.15, 0.2) is 75.6 Å². The summed E-state index contributed by atoms with van der Waals surface area (Å²) in [5, 5.41) is 8.91. The Bertz CT molecular complexity index is 1200. The first kappa shape index (κ1) is 20.5. The van der Waals surface area contributed by atoms with Gasteiger partial charge in [-0.3, -0.25) is 4.79 Å². The zero-order valence-electron chi connectivity index (χ0n) is 17.4. The maximum atomic E-state index is 13.0. The lowest BCUT2D eigenvalue weighted by molar-refractivity contribution is -0.132. The summed E-state index contributed by atoms with van der Waals surface area (Å²) < 4.78 is 11.7. The van der Waals surface area contributed by atoms with Gasteiger partial charge in [0.05, 0.1) is 6.54 Å². The highest BCUT2D eigenvalue weighted by Crippen LogP contribution is 2.30. The van der Waals surface area contributed by atoms with Crippen LogP contribution in [0, 0.1) is 0 Å². The fourth-order valence-electron chi connectivity index (χ4n) is 3.62. The SMILES string of the molecule is O=C(CCc1ccc(-c2ccccc2)o1)N(Cc1nnc(-c2ccc(Cl)cc2)o1)C1CC1. The van der Waals surface area contributed by atoms with E-state index in [1.807, 2.05) is 59.5 Å². The van der Waals surface area contributed by atoms with Crippen molar-refractivity contribution in [2.75, 3.05) is 0 Å². The Morgan fingerprint density at radius 1 is 0.938 bits per heavy atom. The van der Waals surface area contributed by atoms with Crippen molar-refractivity contribution in [2.45, 2.75) is 38.3 Å². The molecule has 0 saturated heterocycles. The number of carbonyl (C=O) groups is 1. The second-order valence-corrected chi connectivity index (χ2v) is 8.33. The molecule has 32 heavy (non-hydrogen) atoms. The Hall–Kier alpha value is -3.38. The Balaban J connectivity index is 1.22. The molecule has 0 spiro atoms. The van der Waals surface area contributed by atoms with Crippen LogP contribution in [0.1, 0.15) is 30.9 Å². The summed E-state index contributed by atoms with van der Waals surface area (Å²) in [6, 6.07) is 21.3. The first-order valence-corrected chi connectivity index (χ1v) is 11.1. The van der Waals surface area contributed by atoms with Gasteiger partial charge < -0.3 is 13.7 Å². The molecule has 1 aliphatic carbocycles. The fourth-order valence-corrected chi connectivity index (χ4v) is 3.75. The molecule has 6 nitrogen and oxygen atoms in total. The molecule has 2 heterocycles. The first-order chi connectivity index (χ1) is 15.7. The quantitative estimate of drug-likeness (QED) is 0.342. The predicted octanol–water partition coefficient (Wildman–Crippen LogP) is 5.77. The number of nitrogens with zero attached hydrogens (tertiary/aromatic N) is 3. The van der Waals surface area contributed by atoms with E-state index in [0.29, 0.717) is 36.2 Å². The lowest BCUT2D eigenvalue weighted by atomic mass is 10.2. The van der Waals surface area contributed by atoms with Gasteiger partial charge in [0.15, 0.2) is 0 Å². The van der Waals surface area contributed by atoms with Crippen LogP contribution < -0.4 is 0 Å². The van der Waals surface area contributed by atoms with E-state index in [1.165, 1.54) is 0 Å². The van der Waals surface area contributed by atoms with Crippen molar-refractivity contribution in [3.05, 3.63) is 83.4 Å². The van der Waals surface area contributed by atoms with Crippen molar-refractivity contribution in [1.29, 1.82) is 0 Å². The monoisotopic (exact) mass is 447 g/mol. The highest BCUT2D eigenvalue weighted by Gasteiger charge is 2.33. The van der Waals surface area contributed by atoms with E-state index in [2.05, 4.69) is 10.2 Å². The molecule has 0 bridgehead atoms. The van der Waals surface area contributed by atoms with E-state index in [-0.39, 0.29) is 11.9 Å². The van der Waals surface area contributed by atoms with E-state index in [4.69, 9.17) is 20.4 Å². The Morgan fingerprint density at radius 2 is 1.72 bits per heavy atom. The van der Waals surface area contributed by atoms with Gasteiger partial charge in [0.2, 0.25) is 17.7 Å². The molecule has 1 fully saturated rings. The summed E-state index contributed by atoms with van der Waals surface area (Å²) in [6.45, 7) is 0.317. The normalized spacial score (nSPS) is 13.3. The van der Waals surface area contributed by atoms with Gasteiger partial charge in [0, 0.05) is 35.0 Å². The number of aryl methyl sites for hydroxylation is 1. The summed E-state index contributed by atoms with van der Waals surface area (Å²) in [5.41, 5.74) is 1.82. The van der Waals surface area contributed by atoms with E-state index in [9.17, 15) is 4.79 Å². The maximum absolute atomic E-state index is 13.0. The average molecular weight is 448 g/mol. The number of amides is 1. The molecule has 1 amide bonds. The number of hydrogen-bond acceptors (Lipinski definition) is 5. The standard InChI is InChI=1S/C25H22ClN3O3/c26-19-8-6-18(7-9-19)25-28-27-23(32-25)16-29(20-10-11-20)24(30)15-13-21-12-14-22(31-21)17-4-2-1-3-5-17/h1-9,12,14,20H,10-11,13,15-16H2. The molecule has 1 aliphatic rings. The number of furan rings is 1. The number of carbonyl (C=O) groups excluding carboxylic acids is 1. The lowest BCUT2D eigenvalue weighted by Gasteiger charge is -2.20. The van der Waals surface area contributed by atoms with Gasteiger partial charge in [-0.2, -0.15) is 0 Å². The number of halogens is 1. The predicted molar refractivity (Wildman–Crippen MR) is 121 cm³/mol.